The number of rotatable bonds is 11. The molecule has 0 spiro atoms. The van der Waals surface area contributed by atoms with Crippen LogP contribution >= 0.6 is 0 Å². The molecule has 0 saturated carbocycles. The van der Waals surface area contributed by atoms with E-state index in [-0.39, 0.29) is 36.7 Å². The Balaban J connectivity index is 0.826. The average Bonchev–Trinajstić information content (AvgIpc) is 3.65. The molecule has 242 valence electrons. The molecule has 3 aliphatic heterocycles. The van der Waals surface area contributed by atoms with Crippen molar-refractivity contribution in [3.8, 4) is 0 Å². The minimum Gasteiger partial charge on any atom is -0.371 e. The summed E-state index contributed by atoms with van der Waals surface area (Å²) < 4.78 is 0. The number of pyridine rings is 1. The van der Waals surface area contributed by atoms with Crippen LogP contribution in [0.5, 0.6) is 0 Å². The number of imide groups is 2. The largest absolute Gasteiger partial charge is 0.371 e. The van der Waals surface area contributed by atoms with Crippen LogP contribution in [0.2, 0.25) is 0 Å². The SMILES string of the molecule is O=C1c2cccc3cc4ccncc4c(c23)C(=O)N1CCNCCCNCCN1C(=O)c2cccc3c(N4CCCC4)ccc(c23)C1=O. The fourth-order valence-corrected chi connectivity index (χ4v) is 7.53. The smallest absolute Gasteiger partial charge is 0.262 e. The van der Waals surface area contributed by atoms with Crippen LogP contribution in [0.25, 0.3) is 32.3 Å². The zero-order valence-electron chi connectivity index (χ0n) is 26.6. The molecule has 10 nitrogen and oxygen atoms in total. The molecule has 1 fully saturated rings. The standard InChI is InChI=1S/C38H36N6O4/c45-35-27-8-3-6-25-22-24-12-15-41-23-30(24)34(32(25)27)38(48)44(35)21-17-40-14-5-13-39-16-20-43-36(46)28-9-4-7-26-31(42-18-1-2-19-42)11-10-29(33(26)28)37(43)47/h3-4,6-12,15,22-23,39-40H,1-2,5,13-14,16-21H2. The molecule has 10 heteroatoms. The number of nitrogens with zero attached hydrogens (tertiary/aromatic N) is 4. The van der Waals surface area contributed by atoms with Gasteiger partial charge in [0.05, 0.1) is 5.56 Å². The Kier molecular flexibility index (Phi) is 7.82. The summed E-state index contributed by atoms with van der Waals surface area (Å²) in [5, 5.41) is 11.7. The van der Waals surface area contributed by atoms with Crippen molar-refractivity contribution >= 4 is 61.6 Å². The number of hydrogen-bond acceptors (Lipinski definition) is 8. The second-order valence-corrected chi connectivity index (χ2v) is 12.7. The molecule has 4 amide bonds. The van der Waals surface area contributed by atoms with Crippen LogP contribution in [-0.4, -0.2) is 90.8 Å². The number of nitrogens with one attached hydrogen (secondary N) is 2. The third kappa shape index (κ3) is 4.99. The van der Waals surface area contributed by atoms with Crippen LogP contribution in [0.4, 0.5) is 5.69 Å². The van der Waals surface area contributed by atoms with Gasteiger partial charge in [-0.15, -0.1) is 0 Å². The lowest BCUT2D eigenvalue weighted by Gasteiger charge is -2.29. The third-order valence-corrected chi connectivity index (χ3v) is 9.86. The van der Waals surface area contributed by atoms with Gasteiger partial charge in [0.15, 0.2) is 0 Å². The number of carbonyl (C=O) groups is 4. The van der Waals surface area contributed by atoms with E-state index in [9.17, 15) is 19.2 Å². The van der Waals surface area contributed by atoms with Gasteiger partial charge in [0.2, 0.25) is 0 Å². The van der Waals surface area contributed by atoms with Crippen molar-refractivity contribution in [3.63, 3.8) is 0 Å². The van der Waals surface area contributed by atoms with Crippen LogP contribution in [0.1, 0.15) is 60.7 Å². The van der Waals surface area contributed by atoms with E-state index in [0.717, 1.165) is 65.0 Å². The number of benzene rings is 4. The second kappa shape index (κ2) is 12.4. The van der Waals surface area contributed by atoms with Crippen LogP contribution in [-0.2, 0) is 0 Å². The number of aromatic nitrogens is 1. The van der Waals surface area contributed by atoms with E-state index < -0.39 is 0 Å². The molecule has 0 bridgehead atoms. The van der Waals surface area contributed by atoms with Gasteiger partial charge < -0.3 is 15.5 Å². The Hall–Kier alpha value is -5.19. The zero-order chi connectivity index (χ0) is 32.8. The molecule has 48 heavy (non-hydrogen) atoms. The topological polar surface area (TPSA) is 115 Å². The van der Waals surface area contributed by atoms with E-state index in [4.69, 9.17) is 0 Å². The molecule has 2 N–H and O–H groups in total. The highest BCUT2D eigenvalue weighted by molar-refractivity contribution is 6.30. The minimum atomic E-state index is -0.293. The van der Waals surface area contributed by atoms with Gasteiger partial charge in [0.1, 0.15) is 0 Å². The number of hydrogen-bond donors (Lipinski definition) is 2. The molecular weight excluding hydrogens is 604 g/mol. The summed E-state index contributed by atoms with van der Waals surface area (Å²) in [6.07, 6.45) is 6.50. The summed E-state index contributed by atoms with van der Waals surface area (Å²) >= 11 is 0. The average molecular weight is 641 g/mol. The van der Waals surface area contributed by atoms with Crippen LogP contribution in [0, 0.1) is 0 Å². The number of amides is 4. The van der Waals surface area contributed by atoms with Gasteiger partial charge >= 0.3 is 0 Å². The Bertz CT molecular complexity index is 2120. The Morgan fingerprint density at radius 2 is 1.27 bits per heavy atom. The molecular formula is C38H36N6O4. The second-order valence-electron chi connectivity index (χ2n) is 12.7. The van der Waals surface area contributed by atoms with Crippen LogP contribution < -0.4 is 15.5 Å². The monoisotopic (exact) mass is 640 g/mol. The highest BCUT2D eigenvalue weighted by atomic mass is 16.2. The first-order chi connectivity index (χ1) is 23.5. The molecule has 0 aliphatic carbocycles. The maximum Gasteiger partial charge on any atom is 0.262 e. The molecule has 0 atom stereocenters. The third-order valence-electron chi connectivity index (χ3n) is 9.86. The maximum absolute atomic E-state index is 13.6. The van der Waals surface area contributed by atoms with E-state index in [1.165, 1.54) is 9.80 Å². The lowest BCUT2D eigenvalue weighted by atomic mass is 9.90. The van der Waals surface area contributed by atoms with Gasteiger partial charge in [-0.25, -0.2) is 0 Å². The molecule has 4 heterocycles. The van der Waals surface area contributed by atoms with Crippen molar-refractivity contribution in [1.29, 1.82) is 0 Å². The Morgan fingerprint density at radius 1 is 0.625 bits per heavy atom. The summed E-state index contributed by atoms with van der Waals surface area (Å²) in [5.41, 5.74) is 3.34. The molecule has 0 radical (unpaired) electrons. The minimum absolute atomic E-state index is 0.245. The fourth-order valence-electron chi connectivity index (χ4n) is 7.53. The van der Waals surface area contributed by atoms with E-state index in [0.29, 0.717) is 53.8 Å². The van der Waals surface area contributed by atoms with Crippen LogP contribution in [0.3, 0.4) is 0 Å². The number of anilines is 1. The lowest BCUT2D eigenvalue weighted by Crippen LogP contribution is -2.44. The lowest BCUT2D eigenvalue weighted by molar-refractivity contribution is 0.0598. The summed E-state index contributed by atoms with van der Waals surface area (Å²) in [6, 6.07) is 19.1. The van der Waals surface area contributed by atoms with Crippen LogP contribution in [0.15, 0.2) is 73.1 Å². The quantitative estimate of drug-likeness (QED) is 0.122. The zero-order valence-corrected chi connectivity index (χ0v) is 26.6. The predicted octanol–water partition coefficient (Wildman–Crippen LogP) is 4.60. The van der Waals surface area contributed by atoms with Crippen molar-refractivity contribution in [2.24, 2.45) is 0 Å². The van der Waals surface area contributed by atoms with Gasteiger partial charge in [-0.1, -0.05) is 24.3 Å². The van der Waals surface area contributed by atoms with Gasteiger partial charge in [0, 0.05) is 95.6 Å². The number of fused-ring (bicyclic) bond motifs is 2. The molecule has 5 aromatic rings. The van der Waals surface area contributed by atoms with Crippen molar-refractivity contribution < 1.29 is 19.2 Å². The van der Waals surface area contributed by atoms with E-state index >= 15 is 0 Å². The summed E-state index contributed by atoms with van der Waals surface area (Å²) in [5.74, 6) is -1.06. The first-order valence-corrected chi connectivity index (χ1v) is 16.8. The van der Waals surface area contributed by atoms with E-state index in [2.05, 4.69) is 20.5 Å². The first-order valence-electron chi connectivity index (χ1n) is 16.8. The molecule has 1 aromatic heterocycles. The van der Waals surface area contributed by atoms with Crippen molar-refractivity contribution in [2.45, 2.75) is 19.3 Å². The van der Waals surface area contributed by atoms with Gasteiger partial charge in [-0.05, 0) is 79.5 Å². The number of carbonyl (C=O) groups excluding carboxylic acids is 4. The highest BCUT2D eigenvalue weighted by Gasteiger charge is 2.35. The van der Waals surface area contributed by atoms with Gasteiger partial charge in [-0.3, -0.25) is 34.0 Å². The molecule has 8 rings (SSSR count). The molecule has 4 aromatic carbocycles. The van der Waals surface area contributed by atoms with Gasteiger partial charge in [-0.2, -0.15) is 0 Å². The van der Waals surface area contributed by atoms with Crippen molar-refractivity contribution in [3.05, 3.63) is 95.3 Å². The summed E-state index contributed by atoms with van der Waals surface area (Å²) in [4.78, 5) is 63.1. The molecule has 1 saturated heterocycles. The Labute approximate surface area is 277 Å². The normalized spacial score (nSPS) is 16.0. The predicted molar refractivity (Wildman–Crippen MR) is 186 cm³/mol. The van der Waals surface area contributed by atoms with Gasteiger partial charge in [0.25, 0.3) is 23.6 Å². The highest BCUT2D eigenvalue weighted by Crippen LogP contribution is 2.37. The summed E-state index contributed by atoms with van der Waals surface area (Å²) in [7, 11) is 0. The summed E-state index contributed by atoms with van der Waals surface area (Å²) in [6.45, 7) is 4.84. The van der Waals surface area contributed by atoms with E-state index in [1.54, 1.807) is 18.5 Å². The van der Waals surface area contributed by atoms with Crippen molar-refractivity contribution in [1.82, 2.24) is 25.4 Å². The Morgan fingerprint density at radius 3 is 2.00 bits per heavy atom. The molecule has 0 unspecified atom stereocenters. The molecule has 3 aliphatic rings. The first kappa shape index (κ1) is 30.2. The van der Waals surface area contributed by atoms with Crippen molar-refractivity contribution in [2.75, 3.05) is 57.3 Å². The van der Waals surface area contributed by atoms with E-state index in [1.807, 2.05) is 54.6 Å². The fraction of sp³-hybridized carbons (Fsp3) is 0.289. The maximum atomic E-state index is 13.6.